The van der Waals surface area contributed by atoms with Gasteiger partial charge < -0.3 is 5.32 Å². The van der Waals surface area contributed by atoms with Gasteiger partial charge in [-0.15, -0.1) is 21.5 Å². The molecule has 7 heteroatoms. The van der Waals surface area contributed by atoms with Gasteiger partial charge in [0.25, 0.3) is 0 Å². The molecule has 118 valence electrons. The first-order chi connectivity index (χ1) is 11.1. The van der Waals surface area contributed by atoms with Crippen LogP contribution in [0.25, 0.3) is 0 Å². The van der Waals surface area contributed by atoms with Crippen molar-refractivity contribution in [3.63, 3.8) is 0 Å². The molecule has 0 aliphatic carbocycles. The fraction of sp³-hybridized carbons (Fsp3) is 0.250. The highest BCUT2D eigenvalue weighted by Crippen LogP contribution is 2.24. The number of rotatable bonds is 5. The minimum Gasteiger partial charge on any atom is -0.325 e. The van der Waals surface area contributed by atoms with E-state index in [0.717, 1.165) is 21.7 Å². The Kier molecular flexibility index (Phi) is 4.47. The predicted molar refractivity (Wildman–Crippen MR) is 89.5 cm³/mol. The molecule has 3 rings (SSSR count). The molecule has 2 N–H and O–H groups in total. The number of aromatic nitrogens is 4. The minimum absolute atomic E-state index is 0.131. The lowest BCUT2D eigenvalue weighted by Crippen LogP contribution is -2.24. The van der Waals surface area contributed by atoms with Gasteiger partial charge in [0.2, 0.25) is 5.91 Å². The number of hydrogen-bond donors (Lipinski definition) is 2. The number of H-pyrrole nitrogens is 1. The van der Waals surface area contributed by atoms with Crippen LogP contribution in [0.1, 0.15) is 27.7 Å². The van der Waals surface area contributed by atoms with Gasteiger partial charge in [-0.2, -0.15) is 5.21 Å². The van der Waals surface area contributed by atoms with E-state index in [1.807, 2.05) is 49.6 Å². The Morgan fingerprint density at radius 1 is 1.30 bits per heavy atom. The lowest BCUT2D eigenvalue weighted by molar-refractivity contribution is -0.117. The number of carbonyl (C=O) groups is 1. The molecular weight excluding hydrogens is 310 g/mol. The fourth-order valence-electron chi connectivity index (χ4n) is 2.35. The molecule has 0 fully saturated rings. The average Bonchev–Trinajstić information content (AvgIpc) is 3.22. The van der Waals surface area contributed by atoms with Crippen molar-refractivity contribution in [3.8, 4) is 0 Å². The molecule has 0 spiro atoms. The number of nitrogens with one attached hydrogen (secondary N) is 2. The Morgan fingerprint density at radius 3 is 2.87 bits per heavy atom. The van der Waals surface area contributed by atoms with Crippen molar-refractivity contribution in [2.75, 3.05) is 5.32 Å². The molecule has 0 radical (unpaired) electrons. The summed E-state index contributed by atoms with van der Waals surface area (Å²) < 4.78 is 0. The number of amides is 1. The van der Waals surface area contributed by atoms with Gasteiger partial charge in [-0.25, -0.2) is 0 Å². The Hall–Kier alpha value is -2.54. The van der Waals surface area contributed by atoms with E-state index in [4.69, 9.17) is 0 Å². The molecule has 0 saturated carbocycles. The Labute approximate surface area is 137 Å². The van der Waals surface area contributed by atoms with Gasteiger partial charge in [0.15, 0.2) is 5.82 Å². The molecule has 1 atom stereocenters. The summed E-state index contributed by atoms with van der Waals surface area (Å²) in [6, 6.07) is 9.82. The Morgan fingerprint density at radius 2 is 2.17 bits per heavy atom. The number of aryl methyl sites for hydroxylation is 1. The van der Waals surface area contributed by atoms with Gasteiger partial charge in [-0.05, 0) is 42.5 Å². The second kappa shape index (κ2) is 6.70. The highest BCUT2D eigenvalue weighted by molar-refractivity contribution is 7.09. The minimum atomic E-state index is -0.479. The molecule has 1 aromatic carbocycles. The highest BCUT2D eigenvalue weighted by atomic mass is 32.1. The SMILES string of the molecule is Cc1cccc(NC(=O)C(Cc2cccs2)c2nn[nH]n2)c1C. The van der Waals surface area contributed by atoms with Gasteiger partial charge in [-0.3, -0.25) is 4.79 Å². The molecule has 2 heterocycles. The molecule has 0 aliphatic heterocycles. The molecule has 0 bridgehead atoms. The summed E-state index contributed by atoms with van der Waals surface area (Å²) >= 11 is 1.61. The quantitative estimate of drug-likeness (QED) is 0.755. The third-order valence-corrected chi connectivity index (χ3v) is 4.74. The van der Waals surface area contributed by atoms with E-state index in [9.17, 15) is 4.79 Å². The number of tetrazole rings is 1. The van der Waals surface area contributed by atoms with Crippen LogP contribution in [0.15, 0.2) is 35.7 Å². The number of benzene rings is 1. The third-order valence-electron chi connectivity index (χ3n) is 3.84. The number of nitrogens with zero attached hydrogens (tertiary/aromatic N) is 3. The van der Waals surface area contributed by atoms with Crippen molar-refractivity contribution >= 4 is 22.9 Å². The molecule has 1 amide bonds. The van der Waals surface area contributed by atoms with Gasteiger partial charge in [0.05, 0.1) is 0 Å². The van der Waals surface area contributed by atoms with Gasteiger partial charge in [0.1, 0.15) is 5.92 Å². The molecule has 23 heavy (non-hydrogen) atoms. The van der Waals surface area contributed by atoms with Gasteiger partial charge in [0, 0.05) is 17.0 Å². The van der Waals surface area contributed by atoms with Gasteiger partial charge in [-0.1, -0.05) is 23.4 Å². The van der Waals surface area contributed by atoms with Crippen molar-refractivity contribution in [2.45, 2.75) is 26.2 Å². The summed E-state index contributed by atoms with van der Waals surface area (Å²) in [7, 11) is 0. The predicted octanol–water partition coefficient (Wildman–Crippen LogP) is 2.84. The van der Waals surface area contributed by atoms with Crippen molar-refractivity contribution in [1.29, 1.82) is 0 Å². The summed E-state index contributed by atoms with van der Waals surface area (Å²) in [6.45, 7) is 4.01. The van der Waals surface area contributed by atoms with Crippen LogP contribution in [-0.2, 0) is 11.2 Å². The van der Waals surface area contributed by atoms with Crippen LogP contribution in [0, 0.1) is 13.8 Å². The largest absolute Gasteiger partial charge is 0.325 e. The Bertz CT molecular complexity index is 783. The number of aromatic amines is 1. The van der Waals surface area contributed by atoms with Crippen molar-refractivity contribution in [2.24, 2.45) is 0 Å². The molecule has 2 aromatic heterocycles. The molecular formula is C16H17N5OS. The second-order valence-corrected chi connectivity index (χ2v) is 6.38. The van der Waals surface area contributed by atoms with Crippen LogP contribution < -0.4 is 5.32 Å². The van der Waals surface area contributed by atoms with Crippen LogP contribution in [0.5, 0.6) is 0 Å². The second-order valence-electron chi connectivity index (χ2n) is 5.34. The van der Waals surface area contributed by atoms with E-state index in [2.05, 4.69) is 25.9 Å². The summed E-state index contributed by atoms with van der Waals surface area (Å²) in [5, 5.41) is 19.0. The zero-order chi connectivity index (χ0) is 16.2. The van der Waals surface area contributed by atoms with E-state index in [1.54, 1.807) is 11.3 Å². The number of thiophene rings is 1. The highest BCUT2D eigenvalue weighted by Gasteiger charge is 2.26. The van der Waals surface area contributed by atoms with Crippen LogP contribution in [0.4, 0.5) is 5.69 Å². The first-order valence-corrected chi connectivity index (χ1v) is 8.16. The summed E-state index contributed by atoms with van der Waals surface area (Å²) in [5.41, 5.74) is 3.01. The van der Waals surface area contributed by atoms with E-state index >= 15 is 0 Å². The summed E-state index contributed by atoms with van der Waals surface area (Å²) in [6.07, 6.45) is 0.550. The molecule has 0 aliphatic rings. The fourth-order valence-corrected chi connectivity index (χ4v) is 3.11. The van der Waals surface area contributed by atoms with Crippen molar-refractivity contribution < 1.29 is 4.79 Å². The smallest absolute Gasteiger partial charge is 0.235 e. The van der Waals surface area contributed by atoms with Crippen LogP contribution in [-0.4, -0.2) is 26.5 Å². The zero-order valence-electron chi connectivity index (χ0n) is 12.9. The number of carbonyl (C=O) groups excluding carboxylic acids is 1. The maximum atomic E-state index is 12.8. The van der Waals surface area contributed by atoms with Crippen LogP contribution in [0.2, 0.25) is 0 Å². The van der Waals surface area contributed by atoms with E-state index < -0.39 is 5.92 Å². The molecule has 6 nitrogen and oxygen atoms in total. The first-order valence-electron chi connectivity index (χ1n) is 7.28. The topological polar surface area (TPSA) is 83.6 Å². The summed E-state index contributed by atoms with van der Waals surface area (Å²) in [4.78, 5) is 13.9. The standard InChI is InChI=1S/C16H17N5OS/c1-10-5-3-7-14(11(10)2)17-16(22)13(15-18-20-21-19-15)9-12-6-4-8-23-12/h3-8,13H,9H2,1-2H3,(H,17,22)(H,18,19,20,21). The molecule has 3 aromatic rings. The Balaban J connectivity index is 1.84. The maximum Gasteiger partial charge on any atom is 0.235 e. The monoisotopic (exact) mass is 327 g/mol. The maximum absolute atomic E-state index is 12.8. The summed E-state index contributed by atoms with van der Waals surface area (Å²) in [5.74, 6) is -0.206. The molecule has 0 saturated heterocycles. The number of anilines is 1. The number of hydrogen-bond acceptors (Lipinski definition) is 5. The zero-order valence-corrected chi connectivity index (χ0v) is 13.7. The van der Waals surface area contributed by atoms with Gasteiger partial charge >= 0.3 is 0 Å². The van der Waals surface area contributed by atoms with Crippen molar-refractivity contribution in [3.05, 3.63) is 57.5 Å². The average molecular weight is 327 g/mol. The molecule has 1 unspecified atom stereocenters. The van der Waals surface area contributed by atoms with E-state index in [1.165, 1.54) is 0 Å². The van der Waals surface area contributed by atoms with Crippen molar-refractivity contribution in [1.82, 2.24) is 20.6 Å². The normalized spacial score (nSPS) is 12.1. The van der Waals surface area contributed by atoms with E-state index in [-0.39, 0.29) is 5.91 Å². The van der Waals surface area contributed by atoms with Crippen LogP contribution >= 0.6 is 11.3 Å². The van der Waals surface area contributed by atoms with E-state index in [0.29, 0.717) is 12.2 Å². The lowest BCUT2D eigenvalue weighted by Gasteiger charge is -2.15. The first kappa shape index (κ1) is 15.4. The third kappa shape index (κ3) is 3.45. The van der Waals surface area contributed by atoms with Crippen LogP contribution in [0.3, 0.4) is 0 Å². The lowest BCUT2D eigenvalue weighted by atomic mass is 10.0.